The van der Waals surface area contributed by atoms with Crippen molar-refractivity contribution in [2.45, 2.75) is 6.92 Å². The van der Waals surface area contributed by atoms with E-state index in [1.54, 1.807) is 6.92 Å². The summed E-state index contributed by atoms with van der Waals surface area (Å²) in [7, 11) is 2.87. The Labute approximate surface area is 137 Å². The molecule has 122 valence electrons. The summed E-state index contributed by atoms with van der Waals surface area (Å²) < 4.78 is 15.2. The molecule has 0 fully saturated rings. The zero-order valence-electron chi connectivity index (χ0n) is 12.7. The minimum absolute atomic E-state index is 0.205. The molecule has 2 rings (SSSR count). The molecule has 0 bridgehead atoms. The topological polar surface area (TPSA) is 89.8 Å². The largest absolute Gasteiger partial charge is 0.493 e. The predicted octanol–water partition coefficient (Wildman–Crippen LogP) is 2.33. The Hall–Kier alpha value is -2.67. The average molecular weight is 339 g/mol. The van der Waals surface area contributed by atoms with Crippen LogP contribution in [0.5, 0.6) is 11.5 Å². The summed E-state index contributed by atoms with van der Waals surface area (Å²) in [4.78, 5) is 24.0. The van der Waals surface area contributed by atoms with Crippen LogP contribution in [0.2, 0.25) is 5.02 Å². The van der Waals surface area contributed by atoms with Gasteiger partial charge in [-0.05, 0) is 25.1 Å². The van der Waals surface area contributed by atoms with E-state index >= 15 is 0 Å². The van der Waals surface area contributed by atoms with Crippen molar-refractivity contribution in [2.75, 3.05) is 14.2 Å². The second-order valence-corrected chi connectivity index (χ2v) is 4.90. The van der Waals surface area contributed by atoms with Gasteiger partial charge in [-0.25, -0.2) is 0 Å². The number of amides is 2. The number of methoxy groups -OCH3 is 2. The molecule has 0 aliphatic heterocycles. The lowest BCUT2D eigenvalue weighted by molar-refractivity contribution is 0.0845. The molecule has 0 aliphatic rings. The highest BCUT2D eigenvalue weighted by Gasteiger charge is 2.17. The summed E-state index contributed by atoms with van der Waals surface area (Å²) in [6.07, 6.45) is 1.39. The third kappa shape index (κ3) is 3.57. The summed E-state index contributed by atoms with van der Waals surface area (Å²) in [6, 6.07) is 4.37. The van der Waals surface area contributed by atoms with E-state index in [1.165, 1.54) is 38.7 Å². The zero-order chi connectivity index (χ0) is 17.0. The van der Waals surface area contributed by atoms with Gasteiger partial charge in [0.2, 0.25) is 0 Å². The van der Waals surface area contributed by atoms with Crippen LogP contribution >= 0.6 is 11.6 Å². The molecule has 1 heterocycles. The first kappa shape index (κ1) is 16.7. The molecule has 0 saturated heterocycles. The number of rotatable bonds is 4. The molecular weight excluding hydrogens is 324 g/mol. The Bertz CT molecular complexity index is 741. The molecule has 7 nitrogen and oxygen atoms in total. The van der Waals surface area contributed by atoms with Crippen LogP contribution in [-0.4, -0.2) is 26.0 Å². The number of carbonyl (C=O) groups is 2. The molecule has 0 unspecified atom stereocenters. The predicted molar refractivity (Wildman–Crippen MR) is 82.9 cm³/mol. The second-order valence-electron chi connectivity index (χ2n) is 4.49. The minimum atomic E-state index is -0.553. The van der Waals surface area contributed by atoms with Crippen LogP contribution in [0.15, 0.2) is 28.9 Å². The van der Waals surface area contributed by atoms with Gasteiger partial charge < -0.3 is 13.9 Å². The van der Waals surface area contributed by atoms with E-state index in [4.69, 9.17) is 25.5 Å². The van der Waals surface area contributed by atoms with Gasteiger partial charge in [-0.15, -0.1) is 0 Å². The fourth-order valence-electron chi connectivity index (χ4n) is 1.92. The third-order valence-electron chi connectivity index (χ3n) is 3.09. The maximum atomic E-state index is 12.1. The Morgan fingerprint density at radius 1 is 1.13 bits per heavy atom. The smallest absolute Gasteiger partial charge is 0.273 e. The number of hydrogen-bond donors (Lipinski definition) is 2. The van der Waals surface area contributed by atoms with Crippen molar-refractivity contribution in [3.8, 4) is 11.5 Å². The van der Waals surface area contributed by atoms with E-state index < -0.39 is 11.8 Å². The maximum Gasteiger partial charge on any atom is 0.273 e. The van der Waals surface area contributed by atoms with Crippen molar-refractivity contribution in [1.82, 2.24) is 10.9 Å². The van der Waals surface area contributed by atoms with E-state index in [1.807, 2.05) is 0 Å². The number of ether oxygens (including phenoxy) is 2. The van der Waals surface area contributed by atoms with Gasteiger partial charge in [0.05, 0.1) is 31.1 Å². The average Bonchev–Trinajstić information content (AvgIpc) is 2.97. The van der Waals surface area contributed by atoms with E-state index in [9.17, 15) is 9.59 Å². The number of halogens is 1. The fourth-order valence-corrected chi connectivity index (χ4v) is 2.21. The summed E-state index contributed by atoms with van der Waals surface area (Å²) in [5, 5.41) is 0.217. The van der Waals surface area contributed by atoms with Gasteiger partial charge in [-0.2, -0.15) is 0 Å². The Morgan fingerprint density at radius 2 is 1.83 bits per heavy atom. The van der Waals surface area contributed by atoms with Crippen molar-refractivity contribution in [3.63, 3.8) is 0 Å². The van der Waals surface area contributed by atoms with Gasteiger partial charge >= 0.3 is 0 Å². The van der Waals surface area contributed by atoms with Crippen LogP contribution in [-0.2, 0) is 0 Å². The number of nitrogens with one attached hydrogen (secondary N) is 2. The Morgan fingerprint density at radius 3 is 2.39 bits per heavy atom. The molecule has 0 saturated carbocycles. The highest BCUT2D eigenvalue weighted by atomic mass is 35.5. The number of hydrazine groups is 1. The van der Waals surface area contributed by atoms with E-state index in [0.29, 0.717) is 22.8 Å². The molecule has 2 amide bonds. The van der Waals surface area contributed by atoms with Gasteiger partial charge in [0.15, 0.2) is 11.5 Å². The van der Waals surface area contributed by atoms with Gasteiger partial charge in [0.25, 0.3) is 11.8 Å². The molecule has 2 N–H and O–H groups in total. The van der Waals surface area contributed by atoms with Crippen LogP contribution in [0.25, 0.3) is 0 Å². The normalized spacial score (nSPS) is 10.1. The van der Waals surface area contributed by atoms with Crippen LogP contribution in [0.4, 0.5) is 0 Å². The summed E-state index contributed by atoms with van der Waals surface area (Å²) >= 11 is 6.04. The number of furan rings is 1. The zero-order valence-corrected chi connectivity index (χ0v) is 13.5. The first-order chi connectivity index (χ1) is 11.0. The van der Waals surface area contributed by atoms with Crippen molar-refractivity contribution in [2.24, 2.45) is 0 Å². The molecule has 1 aromatic heterocycles. The minimum Gasteiger partial charge on any atom is -0.493 e. The highest BCUT2D eigenvalue weighted by molar-refractivity contribution is 6.32. The van der Waals surface area contributed by atoms with Gasteiger partial charge in [-0.3, -0.25) is 20.4 Å². The first-order valence-corrected chi connectivity index (χ1v) is 6.92. The number of carbonyl (C=O) groups excluding carboxylic acids is 2. The maximum absolute atomic E-state index is 12.1. The second kappa shape index (κ2) is 7.06. The summed E-state index contributed by atoms with van der Waals surface area (Å²) in [5.41, 5.74) is 5.13. The van der Waals surface area contributed by atoms with Gasteiger partial charge in [-0.1, -0.05) is 11.6 Å². The van der Waals surface area contributed by atoms with E-state index in [-0.39, 0.29) is 10.6 Å². The summed E-state index contributed by atoms with van der Waals surface area (Å²) in [6.45, 7) is 1.64. The van der Waals surface area contributed by atoms with Crippen molar-refractivity contribution >= 4 is 23.4 Å². The van der Waals surface area contributed by atoms with Crippen LogP contribution in [0.1, 0.15) is 26.5 Å². The fraction of sp³-hybridized carbons (Fsp3) is 0.200. The molecule has 0 atom stereocenters. The van der Waals surface area contributed by atoms with Crippen LogP contribution in [0.3, 0.4) is 0 Å². The Kier molecular flexibility index (Phi) is 5.13. The number of aryl methyl sites for hydroxylation is 1. The molecule has 8 heteroatoms. The number of benzene rings is 1. The molecule has 23 heavy (non-hydrogen) atoms. The first-order valence-electron chi connectivity index (χ1n) is 6.54. The highest BCUT2D eigenvalue weighted by Crippen LogP contribution is 2.35. The van der Waals surface area contributed by atoms with Gasteiger partial charge in [0, 0.05) is 5.56 Å². The van der Waals surface area contributed by atoms with Crippen molar-refractivity contribution in [3.05, 3.63) is 46.4 Å². The van der Waals surface area contributed by atoms with Crippen molar-refractivity contribution in [1.29, 1.82) is 0 Å². The molecule has 0 aliphatic carbocycles. The summed E-state index contributed by atoms with van der Waals surface area (Å²) in [5.74, 6) is 0.0374. The van der Waals surface area contributed by atoms with Gasteiger partial charge in [0.1, 0.15) is 5.76 Å². The molecule has 1 aromatic carbocycles. The number of hydrogen-bond acceptors (Lipinski definition) is 5. The lowest BCUT2D eigenvalue weighted by Gasteiger charge is -2.12. The lowest BCUT2D eigenvalue weighted by Crippen LogP contribution is -2.41. The quantitative estimate of drug-likeness (QED) is 0.835. The molecule has 0 spiro atoms. The lowest BCUT2D eigenvalue weighted by atomic mass is 10.2. The molecule has 0 radical (unpaired) electrons. The third-order valence-corrected chi connectivity index (χ3v) is 3.37. The molecule has 2 aromatic rings. The van der Waals surface area contributed by atoms with Crippen molar-refractivity contribution < 1.29 is 23.5 Å². The Balaban J connectivity index is 2.11. The van der Waals surface area contributed by atoms with Crippen LogP contribution < -0.4 is 20.3 Å². The monoisotopic (exact) mass is 338 g/mol. The SMILES string of the molecule is COc1cc(C(=O)NNC(=O)c2ccoc2C)cc(Cl)c1OC. The van der Waals surface area contributed by atoms with E-state index in [2.05, 4.69) is 10.9 Å². The standard InChI is InChI=1S/C15H15ClN2O5/c1-8-10(4-5-23-8)15(20)18-17-14(19)9-6-11(16)13(22-3)12(7-9)21-2/h4-7H,1-3H3,(H,17,19)(H,18,20). The van der Waals surface area contributed by atoms with Crippen LogP contribution in [0, 0.1) is 6.92 Å². The van der Waals surface area contributed by atoms with E-state index in [0.717, 1.165) is 0 Å². The molecular formula is C15H15ClN2O5.